The standard InChI is InChI=1S/C12H14ClN3OS/c1-16-6-5-9(12(16)17)15-8-4-2-3-7(13)10(8)11(14)18/h2-4,9,15H,5-6H2,1H3,(H2,14,18). The van der Waals surface area contributed by atoms with Crippen LogP contribution in [0.4, 0.5) is 5.69 Å². The van der Waals surface area contributed by atoms with E-state index in [1.165, 1.54) is 0 Å². The van der Waals surface area contributed by atoms with Gasteiger partial charge in [-0.15, -0.1) is 0 Å². The Morgan fingerprint density at radius 3 is 2.89 bits per heavy atom. The number of hydrogen-bond acceptors (Lipinski definition) is 3. The van der Waals surface area contributed by atoms with Crippen LogP contribution in [-0.4, -0.2) is 35.4 Å². The number of carbonyl (C=O) groups excluding carboxylic acids is 1. The predicted molar refractivity (Wildman–Crippen MR) is 77.0 cm³/mol. The minimum Gasteiger partial charge on any atom is -0.389 e. The molecule has 1 atom stereocenters. The van der Waals surface area contributed by atoms with Gasteiger partial charge >= 0.3 is 0 Å². The maximum absolute atomic E-state index is 11.8. The molecule has 3 N–H and O–H groups in total. The maximum atomic E-state index is 11.8. The van der Waals surface area contributed by atoms with Gasteiger partial charge < -0.3 is 16.0 Å². The number of thiocarbonyl (C=S) groups is 1. The van der Waals surface area contributed by atoms with Crippen LogP contribution in [-0.2, 0) is 4.79 Å². The molecule has 0 bridgehead atoms. The minimum atomic E-state index is -0.235. The second kappa shape index (κ2) is 5.12. The summed E-state index contributed by atoms with van der Waals surface area (Å²) in [6.45, 7) is 0.749. The normalized spacial score (nSPS) is 19.1. The summed E-state index contributed by atoms with van der Waals surface area (Å²) in [4.78, 5) is 13.8. The lowest BCUT2D eigenvalue weighted by Crippen LogP contribution is -2.31. The van der Waals surface area contributed by atoms with Gasteiger partial charge in [-0.05, 0) is 18.6 Å². The smallest absolute Gasteiger partial charge is 0.244 e. The summed E-state index contributed by atoms with van der Waals surface area (Å²) in [7, 11) is 1.79. The van der Waals surface area contributed by atoms with Crippen molar-refractivity contribution in [1.29, 1.82) is 0 Å². The molecule has 1 amide bonds. The highest BCUT2D eigenvalue weighted by molar-refractivity contribution is 7.80. The van der Waals surface area contributed by atoms with Gasteiger partial charge in [-0.2, -0.15) is 0 Å². The molecule has 1 aromatic rings. The Kier molecular flexibility index (Phi) is 3.73. The SMILES string of the molecule is CN1CCC(Nc2cccc(Cl)c2C(N)=S)C1=O. The van der Waals surface area contributed by atoms with Crippen LogP contribution < -0.4 is 11.1 Å². The van der Waals surface area contributed by atoms with Crippen molar-refractivity contribution in [3.8, 4) is 0 Å². The van der Waals surface area contributed by atoms with Crippen LogP contribution >= 0.6 is 23.8 Å². The topological polar surface area (TPSA) is 58.4 Å². The zero-order valence-corrected chi connectivity index (χ0v) is 11.5. The Labute approximate surface area is 116 Å². The van der Waals surface area contributed by atoms with Gasteiger partial charge in [-0.3, -0.25) is 4.79 Å². The minimum absolute atomic E-state index is 0.0730. The highest BCUT2D eigenvalue weighted by atomic mass is 35.5. The number of likely N-dealkylation sites (N-methyl/N-ethyl adjacent to an activating group) is 1. The Morgan fingerprint density at radius 1 is 1.61 bits per heavy atom. The van der Waals surface area contributed by atoms with Gasteiger partial charge in [0.05, 0.1) is 10.6 Å². The highest BCUT2D eigenvalue weighted by Crippen LogP contribution is 2.26. The van der Waals surface area contributed by atoms with Crippen LogP contribution in [0.5, 0.6) is 0 Å². The Morgan fingerprint density at radius 2 is 2.33 bits per heavy atom. The number of likely N-dealkylation sites (tertiary alicyclic amines) is 1. The van der Waals surface area contributed by atoms with Crippen molar-refractivity contribution in [3.63, 3.8) is 0 Å². The van der Waals surface area contributed by atoms with Crippen molar-refractivity contribution >= 4 is 40.4 Å². The lowest BCUT2D eigenvalue weighted by molar-refractivity contribution is -0.127. The largest absolute Gasteiger partial charge is 0.389 e. The number of carbonyl (C=O) groups is 1. The molecule has 2 rings (SSSR count). The maximum Gasteiger partial charge on any atom is 0.244 e. The van der Waals surface area contributed by atoms with Gasteiger partial charge in [0.2, 0.25) is 5.91 Å². The van der Waals surface area contributed by atoms with E-state index in [0.717, 1.165) is 13.0 Å². The number of nitrogens with one attached hydrogen (secondary N) is 1. The van der Waals surface area contributed by atoms with Gasteiger partial charge in [-0.1, -0.05) is 29.9 Å². The number of benzene rings is 1. The van der Waals surface area contributed by atoms with Gasteiger partial charge in [0.1, 0.15) is 11.0 Å². The molecule has 0 spiro atoms. The van der Waals surface area contributed by atoms with Crippen LogP contribution in [0.25, 0.3) is 0 Å². The molecule has 1 unspecified atom stereocenters. The van der Waals surface area contributed by atoms with E-state index >= 15 is 0 Å². The quantitative estimate of drug-likeness (QED) is 0.828. The molecule has 0 aliphatic carbocycles. The fraction of sp³-hybridized carbons (Fsp3) is 0.333. The van der Waals surface area contributed by atoms with Gasteiger partial charge in [-0.25, -0.2) is 0 Å². The van der Waals surface area contributed by atoms with Crippen molar-refractivity contribution in [2.24, 2.45) is 5.73 Å². The van der Waals surface area contributed by atoms with Crippen molar-refractivity contribution in [2.45, 2.75) is 12.5 Å². The van der Waals surface area contributed by atoms with Crippen molar-refractivity contribution in [3.05, 3.63) is 28.8 Å². The molecule has 6 heteroatoms. The highest BCUT2D eigenvalue weighted by Gasteiger charge is 2.29. The zero-order chi connectivity index (χ0) is 13.3. The van der Waals surface area contributed by atoms with E-state index in [1.54, 1.807) is 24.1 Å². The first-order chi connectivity index (χ1) is 8.50. The number of rotatable bonds is 3. The third-order valence-electron chi connectivity index (χ3n) is 3.02. The molecular formula is C12H14ClN3OS. The lowest BCUT2D eigenvalue weighted by Gasteiger charge is -2.17. The fourth-order valence-corrected chi connectivity index (χ4v) is 2.59. The third kappa shape index (κ3) is 2.42. The first-order valence-electron chi connectivity index (χ1n) is 5.60. The molecular weight excluding hydrogens is 270 g/mol. The molecule has 0 aromatic heterocycles. The van der Waals surface area contributed by atoms with E-state index in [4.69, 9.17) is 29.6 Å². The van der Waals surface area contributed by atoms with E-state index in [2.05, 4.69) is 5.32 Å². The summed E-state index contributed by atoms with van der Waals surface area (Å²) < 4.78 is 0. The molecule has 18 heavy (non-hydrogen) atoms. The van der Waals surface area contributed by atoms with E-state index < -0.39 is 0 Å². The monoisotopic (exact) mass is 283 g/mol. The average Bonchev–Trinajstić information content (AvgIpc) is 2.60. The summed E-state index contributed by atoms with van der Waals surface area (Å²) in [6.07, 6.45) is 0.763. The zero-order valence-electron chi connectivity index (χ0n) is 9.94. The number of nitrogens with zero attached hydrogens (tertiary/aromatic N) is 1. The lowest BCUT2D eigenvalue weighted by atomic mass is 10.1. The van der Waals surface area contributed by atoms with Crippen molar-refractivity contribution in [2.75, 3.05) is 18.9 Å². The van der Waals surface area contributed by atoms with Crippen LogP contribution in [0.2, 0.25) is 5.02 Å². The molecule has 0 saturated carbocycles. The Balaban J connectivity index is 2.27. The summed E-state index contributed by atoms with van der Waals surface area (Å²) in [5, 5.41) is 3.66. The summed E-state index contributed by atoms with van der Waals surface area (Å²) >= 11 is 11.1. The van der Waals surface area contributed by atoms with E-state index in [1.807, 2.05) is 6.07 Å². The first kappa shape index (κ1) is 13.1. The number of halogens is 1. The van der Waals surface area contributed by atoms with Crippen LogP contribution in [0.1, 0.15) is 12.0 Å². The second-order valence-electron chi connectivity index (χ2n) is 4.27. The number of hydrogen-bond donors (Lipinski definition) is 2. The van der Waals surface area contributed by atoms with Crippen LogP contribution in [0.15, 0.2) is 18.2 Å². The molecule has 1 aliphatic heterocycles. The van der Waals surface area contributed by atoms with Gasteiger partial charge in [0.15, 0.2) is 0 Å². The summed E-state index contributed by atoms with van der Waals surface area (Å²) in [6, 6.07) is 5.12. The molecule has 1 heterocycles. The molecule has 4 nitrogen and oxygen atoms in total. The van der Waals surface area contributed by atoms with Crippen molar-refractivity contribution in [1.82, 2.24) is 4.90 Å². The molecule has 1 saturated heterocycles. The van der Waals surface area contributed by atoms with Crippen LogP contribution in [0, 0.1) is 0 Å². The Bertz CT molecular complexity index is 506. The number of nitrogens with two attached hydrogens (primary N) is 1. The first-order valence-corrected chi connectivity index (χ1v) is 6.39. The summed E-state index contributed by atoms with van der Waals surface area (Å²) in [5.41, 5.74) is 6.97. The average molecular weight is 284 g/mol. The van der Waals surface area contributed by atoms with E-state index in [-0.39, 0.29) is 16.9 Å². The van der Waals surface area contributed by atoms with Crippen LogP contribution in [0.3, 0.4) is 0 Å². The number of amides is 1. The predicted octanol–water partition coefficient (Wildman–Crippen LogP) is 1.62. The molecule has 1 aliphatic rings. The molecule has 1 fully saturated rings. The van der Waals surface area contributed by atoms with E-state index in [0.29, 0.717) is 16.3 Å². The molecule has 1 aromatic carbocycles. The number of anilines is 1. The molecule has 96 valence electrons. The van der Waals surface area contributed by atoms with Gasteiger partial charge in [0.25, 0.3) is 0 Å². The third-order valence-corrected chi connectivity index (χ3v) is 3.54. The fourth-order valence-electron chi connectivity index (χ4n) is 2.04. The van der Waals surface area contributed by atoms with Gasteiger partial charge in [0, 0.05) is 19.3 Å². The Hall–Kier alpha value is -1.33. The van der Waals surface area contributed by atoms with E-state index in [9.17, 15) is 4.79 Å². The van der Waals surface area contributed by atoms with Crippen molar-refractivity contribution < 1.29 is 4.79 Å². The second-order valence-corrected chi connectivity index (χ2v) is 5.12. The molecule has 0 radical (unpaired) electrons. The summed E-state index contributed by atoms with van der Waals surface area (Å²) in [5.74, 6) is 0.0730.